The van der Waals surface area contributed by atoms with Crippen LogP contribution in [0.1, 0.15) is 64.9 Å². The second kappa shape index (κ2) is 12.3. The van der Waals surface area contributed by atoms with Crippen LogP contribution in [-0.4, -0.2) is 48.4 Å². The molecule has 0 amide bonds. The number of nitrogens with one attached hydrogen (secondary N) is 1. The van der Waals surface area contributed by atoms with Crippen LogP contribution in [0.15, 0.2) is 28.9 Å². The van der Waals surface area contributed by atoms with Crippen molar-refractivity contribution in [2.24, 2.45) is 5.92 Å². The standard InChI is InChI=1S/C11H14N2O.C10H17N3O.C2H6/c1-14-10-2-3-11(13-8-10)9-4-6-12-7-5-9;1-7(2)9-11-10(14-12-9)13-5-4-8(3)6-13;1-2/h2-4,8,12H,5-7H2,1H3;7-8H,4-6H2,1-3H3;1-2H3. The minimum absolute atomic E-state index is 0.340. The first-order valence-corrected chi connectivity index (χ1v) is 11.1. The highest BCUT2D eigenvalue weighted by atomic mass is 16.5. The molecule has 0 aromatic carbocycles. The molecule has 2 aliphatic heterocycles. The van der Waals surface area contributed by atoms with Gasteiger partial charge in [0.05, 0.1) is 19.0 Å². The van der Waals surface area contributed by atoms with Gasteiger partial charge >= 0.3 is 6.01 Å². The van der Waals surface area contributed by atoms with Gasteiger partial charge in [0, 0.05) is 25.6 Å². The molecule has 0 saturated carbocycles. The number of ether oxygens (including phenoxy) is 1. The molecule has 1 atom stereocenters. The molecule has 2 aliphatic rings. The van der Waals surface area contributed by atoms with E-state index in [0.717, 1.165) is 55.8 Å². The van der Waals surface area contributed by atoms with Gasteiger partial charge in [-0.05, 0) is 43.0 Å². The van der Waals surface area contributed by atoms with Crippen LogP contribution in [0.3, 0.4) is 0 Å². The lowest BCUT2D eigenvalue weighted by molar-refractivity contribution is 0.407. The van der Waals surface area contributed by atoms with Crippen molar-refractivity contribution in [2.75, 3.05) is 38.2 Å². The minimum atomic E-state index is 0.340. The summed E-state index contributed by atoms with van der Waals surface area (Å²) in [6.45, 7) is 14.5. The molecule has 7 nitrogen and oxygen atoms in total. The number of rotatable bonds is 4. The number of hydrogen-bond donors (Lipinski definition) is 1. The maximum absolute atomic E-state index is 5.22. The Kier molecular flexibility index (Phi) is 9.80. The van der Waals surface area contributed by atoms with Crippen molar-refractivity contribution in [3.05, 3.63) is 35.9 Å². The summed E-state index contributed by atoms with van der Waals surface area (Å²) in [5.41, 5.74) is 2.39. The average Bonchev–Trinajstić information content (AvgIpc) is 3.46. The van der Waals surface area contributed by atoms with Crippen LogP contribution in [0.25, 0.3) is 5.57 Å². The quantitative estimate of drug-likeness (QED) is 0.786. The topological polar surface area (TPSA) is 76.3 Å². The van der Waals surface area contributed by atoms with Crippen LogP contribution in [0.5, 0.6) is 5.75 Å². The van der Waals surface area contributed by atoms with E-state index in [2.05, 4.69) is 52.2 Å². The second-order valence-corrected chi connectivity index (χ2v) is 7.70. The number of hydrogen-bond acceptors (Lipinski definition) is 7. The van der Waals surface area contributed by atoms with E-state index >= 15 is 0 Å². The summed E-state index contributed by atoms with van der Waals surface area (Å²) >= 11 is 0. The van der Waals surface area contributed by atoms with Crippen molar-refractivity contribution in [1.29, 1.82) is 0 Å². The largest absolute Gasteiger partial charge is 0.495 e. The zero-order chi connectivity index (χ0) is 21.9. The Balaban J connectivity index is 0.000000197. The van der Waals surface area contributed by atoms with E-state index in [9.17, 15) is 0 Å². The van der Waals surface area contributed by atoms with Crippen LogP contribution >= 0.6 is 0 Å². The molecule has 0 aliphatic carbocycles. The third-order valence-corrected chi connectivity index (χ3v) is 5.01. The van der Waals surface area contributed by atoms with Gasteiger partial charge in [-0.15, -0.1) is 0 Å². The van der Waals surface area contributed by atoms with Crippen LogP contribution in [0.4, 0.5) is 6.01 Å². The molecule has 0 bridgehead atoms. The lowest BCUT2D eigenvalue weighted by Gasteiger charge is -2.13. The summed E-state index contributed by atoms with van der Waals surface area (Å²) in [5.74, 6) is 2.69. The first-order valence-electron chi connectivity index (χ1n) is 11.1. The molecule has 4 heterocycles. The van der Waals surface area contributed by atoms with Crippen molar-refractivity contribution in [1.82, 2.24) is 20.4 Å². The molecule has 0 spiro atoms. The SMILES string of the molecule is CC.CC1CCN(c2nc(C(C)C)no2)C1.COc1ccc(C2=CCNCC2)nc1. The third-order valence-electron chi connectivity index (χ3n) is 5.01. The van der Waals surface area contributed by atoms with Crippen molar-refractivity contribution >= 4 is 11.6 Å². The van der Waals surface area contributed by atoms with E-state index in [0.29, 0.717) is 11.9 Å². The fourth-order valence-corrected chi connectivity index (χ4v) is 3.24. The summed E-state index contributed by atoms with van der Waals surface area (Å²) in [6, 6.07) is 4.65. The summed E-state index contributed by atoms with van der Waals surface area (Å²) in [4.78, 5) is 10.9. The van der Waals surface area contributed by atoms with Gasteiger partial charge in [0.15, 0.2) is 5.82 Å². The number of methoxy groups -OCH3 is 1. The van der Waals surface area contributed by atoms with Gasteiger partial charge in [0.1, 0.15) is 5.75 Å². The smallest absolute Gasteiger partial charge is 0.324 e. The van der Waals surface area contributed by atoms with Gasteiger partial charge < -0.3 is 19.5 Å². The fraction of sp³-hybridized carbons (Fsp3) is 0.609. The van der Waals surface area contributed by atoms with E-state index in [1.165, 1.54) is 12.0 Å². The molecule has 1 unspecified atom stereocenters. The number of anilines is 1. The van der Waals surface area contributed by atoms with Gasteiger partial charge in [0.2, 0.25) is 0 Å². The summed E-state index contributed by atoms with van der Waals surface area (Å²) in [5, 5.41) is 7.24. The first-order chi connectivity index (χ1) is 14.6. The van der Waals surface area contributed by atoms with Crippen LogP contribution in [-0.2, 0) is 0 Å². The lowest BCUT2D eigenvalue weighted by atomic mass is 10.1. The van der Waals surface area contributed by atoms with Crippen molar-refractivity contribution in [3.8, 4) is 5.75 Å². The molecular weight excluding hydrogens is 378 g/mol. The van der Waals surface area contributed by atoms with Crippen molar-refractivity contribution < 1.29 is 9.26 Å². The monoisotopic (exact) mass is 415 g/mol. The molecule has 0 radical (unpaired) electrons. The Hall–Kier alpha value is -2.41. The van der Waals surface area contributed by atoms with E-state index < -0.39 is 0 Å². The van der Waals surface area contributed by atoms with Crippen LogP contribution in [0, 0.1) is 5.92 Å². The van der Waals surface area contributed by atoms with Crippen molar-refractivity contribution in [2.45, 2.75) is 53.4 Å². The van der Waals surface area contributed by atoms with Crippen molar-refractivity contribution in [3.63, 3.8) is 0 Å². The molecule has 1 N–H and O–H groups in total. The van der Waals surface area contributed by atoms with Gasteiger partial charge in [-0.1, -0.05) is 45.9 Å². The predicted molar refractivity (Wildman–Crippen MR) is 122 cm³/mol. The zero-order valence-electron chi connectivity index (χ0n) is 19.3. The fourth-order valence-electron chi connectivity index (χ4n) is 3.24. The Morgan fingerprint density at radius 3 is 2.57 bits per heavy atom. The highest BCUT2D eigenvalue weighted by Gasteiger charge is 2.23. The Morgan fingerprint density at radius 2 is 2.07 bits per heavy atom. The number of aromatic nitrogens is 3. The predicted octanol–water partition coefficient (Wildman–Crippen LogP) is 4.53. The van der Waals surface area contributed by atoms with E-state index in [-0.39, 0.29) is 0 Å². The van der Waals surface area contributed by atoms with Gasteiger partial charge in [-0.3, -0.25) is 4.98 Å². The van der Waals surface area contributed by atoms with E-state index in [1.807, 2.05) is 26.0 Å². The highest BCUT2D eigenvalue weighted by Crippen LogP contribution is 2.23. The van der Waals surface area contributed by atoms with E-state index in [4.69, 9.17) is 9.26 Å². The van der Waals surface area contributed by atoms with Gasteiger partial charge in [0.25, 0.3) is 0 Å². The Morgan fingerprint density at radius 1 is 1.27 bits per heavy atom. The molecule has 30 heavy (non-hydrogen) atoms. The van der Waals surface area contributed by atoms with E-state index in [1.54, 1.807) is 13.3 Å². The lowest BCUT2D eigenvalue weighted by Crippen LogP contribution is -2.20. The molecule has 1 saturated heterocycles. The molecule has 4 rings (SSSR count). The zero-order valence-corrected chi connectivity index (χ0v) is 19.3. The molecule has 1 fully saturated rings. The first kappa shape index (κ1) is 23.9. The molecular formula is C23H37N5O2. The number of nitrogens with zero attached hydrogens (tertiary/aromatic N) is 4. The molecule has 2 aromatic rings. The minimum Gasteiger partial charge on any atom is -0.495 e. The van der Waals surface area contributed by atoms with Gasteiger partial charge in [-0.2, -0.15) is 4.98 Å². The number of pyridine rings is 1. The normalized spacial score (nSPS) is 18.2. The second-order valence-electron chi connectivity index (χ2n) is 7.70. The maximum Gasteiger partial charge on any atom is 0.324 e. The molecule has 2 aromatic heterocycles. The Bertz CT molecular complexity index is 770. The average molecular weight is 416 g/mol. The highest BCUT2D eigenvalue weighted by molar-refractivity contribution is 5.63. The van der Waals surface area contributed by atoms with Crippen LogP contribution < -0.4 is 15.0 Å². The van der Waals surface area contributed by atoms with Crippen LogP contribution in [0.2, 0.25) is 0 Å². The van der Waals surface area contributed by atoms with Gasteiger partial charge in [-0.25, -0.2) is 0 Å². The molecule has 7 heteroatoms. The summed E-state index contributed by atoms with van der Waals surface area (Å²) in [6.07, 6.45) is 6.23. The molecule has 166 valence electrons. The maximum atomic E-state index is 5.22. The summed E-state index contributed by atoms with van der Waals surface area (Å²) in [7, 11) is 1.65. The third kappa shape index (κ3) is 6.83. The summed E-state index contributed by atoms with van der Waals surface area (Å²) < 4.78 is 10.3. The Labute approximate surface area is 180 Å².